The number of hydrogen-bond acceptors (Lipinski definition) is 3. The van der Waals surface area contributed by atoms with Crippen LogP contribution in [0.2, 0.25) is 0 Å². The third-order valence-electron chi connectivity index (χ3n) is 1.95. The third kappa shape index (κ3) is 1.18. The zero-order valence-electron chi connectivity index (χ0n) is 6.63. The molecule has 3 heteroatoms. The number of allylic oxidation sites excluding steroid dienone is 2. The normalized spacial score (nSPS) is 26.2. The molecule has 0 fully saturated rings. The molecule has 0 saturated carbocycles. The first-order valence-electron chi connectivity index (χ1n) is 3.55. The first kappa shape index (κ1) is 7.98. The van der Waals surface area contributed by atoms with Crippen molar-refractivity contribution in [3.8, 4) is 0 Å². The minimum absolute atomic E-state index is 0.0918. The molecule has 0 heterocycles. The fourth-order valence-electron chi connectivity index (χ4n) is 1.21. The van der Waals surface area contributed by atoms with Crippen LogP contribution in [0, 0.1) is 5.92 Å². The molecule has 1 unspecified atom stereocenters. The summed E-state index contributed by atoms with van der Waals surface area (Å²) in [4.78, 5) is 0. The van der Waals surface area contributed by atoms with E-state index in [-0.39, 0.29) is 23.2 Å². The van der Waals surface area contributed by atoms with E-state index in [1.165, 1.54) is 0 Å². The minimum Gasteiger partial charge on any atom is -0.508 e. The van der Waals surface area contributed by atoms with E-state index < -0.39 is 0 Å². The maximum absolute atomic E-state index is 9.17. The molecule has 0 amide bonds. The van der Waals surface area contributed by atoms with E-state index in [4.69, 9.17) is 15.3 Å². The van der Waals surface area contributed by atoms with Crippen molar-refractivity contribution in [3.63, 3.8) is 0 Å². The van der Waals surface area contributed by atoms with Crippen molar-refractivity contribution >= 4 is 0 Å². The molecule has 0 radical (unpaired) electrons. The second-order valence-electron chi connectivity index (χ2n) is 2.97. The number of aliphatic hydroxyl groups excluding tert-OH is 3. The van der Waals surface area contributed by atoms with Gasteiger partial charge in [0.15, 0.2) is 11.5 Å². The Morgan fingerprint density at radius 1 is 1.18 bits per heavy atom. The average molecular weight is 156 g/mol. The molecule has 1 rings (SSSR count). The topological polar surface area (TPSA) is 60.7 Å². The van der Waals surface area contributed by atoms with E-state index in [0.717, 1.165) is 0 Å². The van der Waals surface area contributed by atoms with E-state index in [0.29, 0.717) is 12.0 Å². The molecular formula is C8H12O3. The summed E-state index contributed by atoms with van der Waals surface area (Å²) >= 11 is 0. The highest BCUT2D eigenvalue weighted by atomic mass is 16.3. The lowest BCUT2D eigenvalue weighted by atomic mass is 9.93. The van der Waals surface area contributed by atoms with Gasteiger partial charge in [0.2, 0.25) is 0 Å². The Bertz CT molecular complexity index is 238. The Morgan fingerprint density at radius 3 is 2.27 bits per heavy atom. The number of aliphatic hydroxyl groups is 3. The van der Waals surface area contributed by atoms with Crippen molar-refractivity contribution in [2.45, 2.75) is 20.3 Å². The molecule has 0 bridgehead atoms. The summed E-state index contributed by atoms with van der Waals surface area (Å²) in [6.07, 6.45) is 0.599. The molecule has 0 aromatic heterocycles. The summed E-state index contributed by atoms with van der Waals surface area (Å²) in [6, 6.07) is 0. The van der Waals surface area contributed by atoms with Crippen LogP contribution in [-0.4, -0.2) is 15.3 Å². The lowest BCUT2D eigenvalue weighted by Gasteiger charge is -2.19. The second kappa shape index (κ2) is 2.49. The molecule has 0 saturated heterocycles. The van der Waals surface area contributed by atoms with Crippen LogP contribution in [0.3, 0.4) is 0 Å². The van der Waals surface area contributed by atoms with Crippen LogP contribution in [0.1, 0.15) is 20.3 Å². The Kier molecular flexibility index (Phi) is 1.81. The molecule has 1 atom stereocenters. The minimum atomic E-state index is -0.374. The molecule has 0 spiro atoms. The monoisotopic (exact) mass is 156 g/mol. The zero-order valence-corrected chi connectivity index (χ0v) is 6.63. The highest BCUT2D eigenvalue weighted by Gasteiger charge is 2.23. The smallest absolute Gasteiger partial charge is 0.196 e. The summed E-state index contributed by atoms with van der Waals surface area (Å²) in [6.45, 7) is 3.52. The van der Waals surface area contributed by atoms with Crippen molar-refractivity contribution in [1.29, 1.82) is 0 Å². The summed E-state index contributed by atoms with van der Waals surface area (Å²) in [7, 11) is 0. The maximum Gasteiger partial charge on any atom is 0.196 e. The average Bonchev–Trinajstić information content (AvgIpc) is 1.97. The van der Waals surface area contributed by atoms with Gasteiger partial charge in [-0.05, 0) is 18.9 Å². The third-order valence-corrected chi connectivity index (χ3v) is 1.95. The van der Waals surface area contributed by atoms with Gasteiger partial charge >= 0.3 is 0 Å². The molecule has 3 N–H and O–H groups in total. The van der Waals surface area contributed by atoms with Gasteiger partial charge in [0, 0.05) is 5.92 Å². The molecule has 0 aromatic carbocycles. The van der Waals surface area contributed by atoms with E-state index >= 15 is 0 Å². The van der Waals surface area contributed by atoms with Crippen molar-refractivity contribution in [1.82, 2.24) is 0 Å². The molecular weight excluding hydrogens is 144 g/mol. The number of rotatable bonds is 0. The highest BCUT2D eigenvalue weighted by Crippen LogP contribution is 2.29. The Balaban J connectivity index is 3.07. The van der Waals surface area contributed by atoms with Crippen molar-refractivity contribution < 1.29 is 15.3 Å². The molecule has 0 aliphatic heterocycles. The van der Waals surface area contributed by atoms with Crippen molar-refractivity contribution in [3.05, 3.63) is 22.9 Å². The van der Waals surface area contributed by atoms with E-state index in [1.807, 2.05) is 0 Å². The van der Waals surface area contributed by atoms with Gasteiger partial charge in [-0.2, -0.15) is 0 Å². The van der Waals surface area contributed by atoms with E-state index in [2.05, 4.69) is 0 Å². The summed E-state index contributed by atoms with van der Waals surface area (Å²) in [5.41, 5.74) is 0.716. The van der Waals surface area contributed by atoms with Crippen LogP contribution in [0.4, 0.5) is 0 Å². The maximum atomic E-state index is 9.17. The molecule has 1 aliphatic carbocycles. The molecule has 1 aliphatic rings. The number of hydrogen-bond donors (Lipinski definition) is 3. The van der Waals surface area contributed by atoms with E-state index in [1.54, 1.807) is 13.8 Å². The first-order valence-corrected chi connectivity index (χ1v) is 3.55. The molecule has 3 nitrogen and oxygen atoms in total. The molecule has 0 aromatic rings. The molecule has 62 valence electrons. The lowest BCUT2D eigenvalue weighted by molar-refractivity contribution is 0.238. The van der Waals surface area contributed by atoms with Crippen LogP contribution in [-0.2, 0) is 0 Å². The summed E-state index contributed by atoms with van der Waals surface area (Å²) < 4.78 is 0. The second-order valence-corrected chi connectivity index (χ2v) is 2.97. The van der Waals surface area contributed by atoms with Gasteiger partial charge in [-0.15, -0.1) is 0 Å². The van der Waals surface area contributed by atoms with Crippen LogP contribution in [0.15, 0.2) is 22.9 Å². The van der Waals surface area contributed by atoms with Gasteiger partial charge in [0.25, 0.3) is 0 Å². The van der Waals surface area contributed by atoms with E-state index in [9.17, 15) is 0 Å². The standard InChI is InChI=1S/C8H12O3/c1-4-3-5(2)7(10)8(11)6(4)9/h4,9-11H,3H2,1-2H3. The fourth-order valence-corrected chi connectivity index (χ4v) is 1.21. The Hall–Kier alpha value is -1.12. The van der Waals surface area contributed by atoms with Crippen LogP contribution < -0.4 is 0 Å². The lowest BCUT2D eigenvalue weighted by Crippen LogP contribution is -2.11. The van der Waals surface area contributed by atoms with Crippen LogP contribution >= 0.6 is 0 Å². The van der Waals surface area contributed by atoms with Gasteiger partial charge in [-0.1, -0.05) is 6.92 Å². The fraction of sp³-hybridized carbons (Fsp3) is 0.500. The molecule has 11 heavy (non-hydrogen) atoms. The summed E-state index contributed by atoms with van der Waals surface area (Å²) in [5, 5.41) is 27.4. The van der Waals surface area contributed by atoms with Gasteiger partial charge in [0.1, 0.15) is 5.76 Å². The quantitative estimate of drug-likeness (QED) is 0.503. The van der Waals surface area contributed by atoms with Gasteiger partial charge in [-0.25, -0.2) is 0 Å². The predicted molar refractivity (Wildman–Crippen MR) is 41.4 cm³/mol. The zero-order chi connectivity index (χ0) is 8.59. The summed E-state index contributed by atoms with van der Waals surface area (Å²) in [5.74, 6) is -0.763. The van der Waals surface area contributed by atoms with Gasteiger partial charge in [-0.3, -0.25) is 0 Å². The largest absolute Gasteiger partial charge is 0.508 e. The van der Waals surface area contributed by atoms with Gasteiger partial charge in [0.05, 0.1) is 0 Å². The van der Waals surface area contributed by atoms with Crippen LogP contribution in [0.25, 0.3) is 0 Å². The van der Waals surface area contributed by atoms with Crippen LogP contribution in [0.5, 0.6) is 0 Å². The SMILES string of the molecule is CC1=C(O)C(O)=C(O)C(C)C1. The van der Waals surface area contributed by atoms with Crippen molar-refractivity contribution in [2.24, 2.45) is 5.92 Å². The Labute approximate surface area is 65.3 Å². The first-order chi connectivity index (χ1) is 5.04. The Morgan fingerprint density at radius 2 is 1.73 bits per heavy atom. The van der Waals surface area contributed by atoms with Crippen molar-refractivity contribution in [2.75, 3.05) is 0 Å². The van der Waals surface area contributed by atoms with Gasteiger partial charge < -0.3 is 15.3 Å². The predicted octanol–water partition coefficient (Wildman–Crippen LogP) is 2.19. The highest BCUT2D eigenvalue weighted by molar-refractivity contribution is 5.30.